The zero-order valence-electron chi connectivity index (χ0n) is 36.4. The first-order valence-electron chi connectivity index (χ1n) is 21.2. The Morgan fingerprint density at radius 1 is 1.05 bits per heavy atom. The maximum atomic E-state index is 15.1. The summed E-state index contributed by atoms with van der Waals surface area (Å²) in [6.07, 6.45) is 5.58. The van der Waals surface area contributed by atoms with Gasteiger partial charge in [-0.25, -0.2) is 14.4 Å². The zero-order valence-corrected chi connectivity index (χ0v) is 38.0. The van der Waals surface area contributed by atoms with Gasteiger partial charge in [0.05, 0.1) is 37.0 Å². The number of fused-ring (bicyclic) bond motifs is 2. The Morgan fingerprint density at radius 2 is 1.88 bits per heavy atom. The minimum absolute atomic E-state index is 0.128. The second kappa shape index (κ2) is 21.4. The lowest BCUT2D eigenvalue weighted by Crippen LogP contribution is -2.39. The number of thiazole rings is 2. The first-order chi connectivity index (χ1) is 31.0. The molecule has 3 aromatic carbocycles. The van der Waals surface area contributed by atoms with E-state index in [1.165, 1.54) is 17.4 Å². The lowest BCUT2D eigenvalue weighted by molar-refractivity contribution is -0.896. The summed E-state index contributed by atoms with van der Waals surface area (Å²) in [4.78, 5) is 47.6. The fourth-order valence-electron chi connectivity index (χ4n) is 7.46. The number of aldehydes is 1. The average Bonchev–Trinajstić information content (AvgIpc) is 3.90. The van der Waals surface area contributed by atoms with E-state index in [9.17, 15) is 14.4 Å². The molecule has 1 aliphatic rings. The number of halogens is 1. The Kier molecular flexibility index (Phi) is 15.3. The fraction of sp³-hybridized carbons (Fsp3) is 0.340. The maximum Gasteiger partial charge on any atom is 0.241 e. The van der Waals surface area contributed by atoms with Crippen molar-refractivity contribution in [2.75, 3.05) is 62.9 Å². The van der Waals surface area contributed by atoms with Crippen LogP contribution in [0, 0.1) is 24.6 Å². The van der Waals surface area contributed by atoms with E-state index in [-0.39, 0.29) is 24.3 Å². The third kappa shape index (κ3) is 11.6. The molecule has 1 unspecified atom stereocenters. The van der Waals surface area contributed by atoms with Gasteiger partial charge in [0.2, 0.25) is 12.3 Å². The van der Waals surface area contributed by atoms with Crippen LogP contribution in [-0.4, -0.2) is 96.7 Å². The van der Waals surface area contributed by atoms with E-state index >= 15 is 4.39 Å². The van der Waals surface area contributed by atoms with Gasteiger partial charge in [-0.05, 0) is 101 Å². The van der Waals surface area contributed by atoms with Gasteiger partial charge in [-0.1, -0.05) is 41.5 Å². The molecule has 4 heterocycles. The van der Waals surface area contributed by atoms with Crippen molar-refractivity contribution in [2.24, 2.45) is 0 Å². The van der Waals surface area contributed by atoms with Gasteiger partial charge in [-0.2, -0.15) is 0 Å². The second-order valence-electron chi connectivity index (χ2n) is 16.2. The summed E-state index contributed by atoms with van der Waals surface area (Å²) in [6, 6.07) is 20.1. The zero-order chi connectivity index (χ0) is 45.1. The lowest BCUT2D eigenvalue weighted by Gasteiger charge is -2.28. The summed E-state index contributed by atoms with van der Waals surface area (Å²) in [5.41, 5.74) is 5.76. The van der Waals surface area contributed by atoms with E-state index in [1.807, 2.05) is 60.4 Å². The molecule has 7 rings (SSSR count). The summed E-state index contributed by atoms with van der Waals surface area (Å²) in [5.74, 6) is 7.23. The minimum atomic E-state index is -0.490. The third-order valence-electron chi connectivity index (χ3n) is 10.8. The Hall–Kier alpha value is -6.32. The molecule has 0 saturated carbocycles. The van der Waals surface area contributed by atoms with Crippen molar-refractivity contribution in [3.63, 3.8) is 0 Å². The van der Waals surface area contributed by atoms with Crippen LogP contribution < -0.4 is 30.9 Å². The Morgan fingerprint density at radius 3 is 2.64 bits per heavy atom. The molecular formula is C47H52FN10O4S2+. The number of aromatic nitrogens is 4. The van der Waals surface area contributed by atoms with Crippen LogP contribution >= 0.6 is 22.7 Å². The number of aryl methyl sites for hydroxylation is 1. The van der Waals surface area contributed by atoms with Crippen molar-refractivity contribution in [3.05, 3.63) is 105 Å². The number of carbonyl (C=O) groups is 3. The predicted octanol–water partition coefficient (Wildman–Crippen LogP) is 7.32. The summed E-state index contributed by atoms with van der Waals surface area (Å²) in [5, 5.41) is 22.6. The second-order valence-corrected chi connectivity index (χ2v) is 18.3. The average molecular weight is 904 g/mol. The molecule has 3 aromatic heterocycles. The van der Waals surface area contributed by atoms with Gasteiger partial charge in [-0.3, -0.25) is 14.4 Å². The number of nitrogens with one attached hydrogen (secondary N) is 4. The molecule has 0 radical (unpaired) electrons. The highest BCUT2D eigenvalue weighted by Gasteiger charge is 2.27. The molecule has 17 heteroatoms. The first-order valence-corrected chi connectivity index (χ1v) is 22.9. The largest absolute Gasteiger partial charge is 0.491 e. The lowest BCUT2D eigenvalue weighted by atomic mass is 10.0. The molecule has 332 valence electrons. The van der Waals surface area contributed by atoms with Gasteiger partial charge in [0, 0.05) is 45.9 Å². The highest BCUT2D eigenvalue weighted by Crippen LogP contribution is 2.39. The molecule has 0 fully saturated rings. The van der Waals surface area contributed by atoms with Crippen molar-refractivity contribution in [1.29, 1.82) is 0 Å². The van der Waals surface area contributed by atoms with Crippen molar-refractivity contribution >= 4 is 79.1 Å². The minimum Gasteiger partial charge on any atom is -0.491 e. The molecule has 0 bridgehead atoms. The van der Waals surface area contributed by atoms with Crippen LogP contribution in [0.15, 0.2) is 66.7 Å². The number of ether oxygens (including phenoxy) is 1. The summed E-state index contributed by atoms with van der Waals surface area (Å²) >= 11 is 3.03. The number of nitrogens with zero attached hydrogens (tertiary/aromatic N) is 6. The molecular weight excluding hydrogens is 852 g/mol. The molecule has 1 aliphatic heterocycles. The molecule has 0 spiro atoms. The topological polar surface area (TPSA) is 163 Å². The van der Waals surface area contributed by atoms with Crippen LogP contribution in [0.25, 0.3) is 10.2 Å². The van der Waals surface area contributed by atoms with Crippen LogP contribution in [0.4, 0.5) is 32.0 Å². The number of hydrogen-bond acceptors (Lipinski definition) is 13. The van der Waals surface area contributed by atoms with E-state index in [1.54, 1.807) is 30.5 Å². The van der Waals surface area contributed by atoms with Crippen molar-refractivity contribution < 1.29 is 28.0 Å². The molecule has 2 amide bonds. The summed E-state index contributed by atoms with van der Waals surface area (Å²) in [6.45, 7) is 4.76. The molecule has 4 N–H and O–H groups in total. The highest BCUT2D eigenvalue weighted by atomic mass is 32.1. The van der Waals surface area contributed by atoms with Gasteiger partial charge < -0.3 is 35.4 Å². The smallest absolute Gasteiger partial charge is 0.241 e. The fourth-order valence-corrected chi connectivity index (χ4v) is 9.42. The number of benzene rings is 3. The predicted molar refractivity (Wildman–Crippen MR) is 251 cm³/mol. The number of carbonyl (C=O) groups excluding carboxylic acids is 3. The van der Waals surface area contributed by atoms with E-state index in [4.69, 9.17) is 9.72 Å². The molecule has 64 heavy (non-hydrogen) atoms. The molecule has 0 aliphatic carbocycles. The van der Waals surface area contributed by atoms with Crippen LogP contribution in [-0.2, 0) is 29.0 Å². The number of quaternary nitrogens is 1. The van der Waals surface area contributed by atoms with Crippen LogP contribution in [0.5, 0.6) is 5.75 Å². The first kappa shape index (κ1) is 45.7. The Labute approximate surface area is 380 Å². The van der Waals surface area contributed by atoms with Gasteiger partial charge in [0.1, 0.15) is 18.8 Å². The molecule has 0 saturated heterocycles. The molecule has 14 nitrogen and oxygen atoms in total. The number of likely N-dealkylation sites (N-methyl/N-ethyl adjacent to an activating group) is 1. The van der Waals surface area contributed by atoms with Crippen molar-refractivity contribution in [1.82, 2.24) is 30.8 Å². The highest BCUT2D eigenvalue weighted by molar-refractivity contribution is 7.22. The number of anilines is 5. The van der Waals surface area contributed by atoms with Gasteiger partial charge in [0.25, 0.3) is 0 Å². The van der Waals surface area contributed by atoms with Crippen molar-refractivity contribution in [2.45, 2.75) is 58.0 Å². The van der Waals surface area contributed by atoms with Crippen LogP contribution in [0.2, 0.25) is 0 Å². The van der Waals surface area contributed by atoms with Crippen molar-refractivity contribution in [3.8, 4) is 17.6 Å². The van der Waals surface area contributed by atoms with Gasteiger partial charge >= 0.3 is 0 Å². The maximum absolute atomic E-state index is 15.1. The Bertz CT molecular complexity index is 2620. The number of hydrogen-bond donors (Lipinski definition) is 4. The number of rotatable bonds is 20. The van der Waals surface area contributed by atoms with E-state index in [0.29, 0.717) is 90.6 Å². The monoisotopic (exact) mass is 903 g/mol. The molecule has 1 atom stereocenters. The van der Waals surface area contributed by atoms with E-state index in [0.717, 1.165) is 61.9 Å². The number of amides is 2. The summed E-state index contributed by atoms with van der Waals surface area (Å²) in [7, 11) is 5.89. The van der Waals surface area contributed by atoms with E-state index in [2.05, 4.69) is 62.4 Å². The molecule has 6 aromatic rings. The standard InChI is InChI=1S/C47H51FN10O4S2/c1-31-35-12-8-24-57(44(35)56-55-43(31)54-46-52-37-13-5-6-15-41(37)63-46)47-53-39(29-59)42(64-47)16-10-26-62-40-22-19-32(27-36(40)48)11-9-25-58(3,4)28-33-17-20-34(21-18-33)51-45(61)38(49-2)14-7-23-50-30-60/h5-6,13,15,17-22,27,29-30,38,49H,7-8,10,12,14,16,23-26,28H2,1-4H3,(H2-,50,51,52,54,55,60,61)/p+1. The van der Waals surface area contributed by atoms with Crippen LogP contribution in [0.3, 0.4) is 0 Å². The SMILES string of the molecule is CNC(CCCNC=O)C(=O)Nc1ccc(C[N+](C)(C)CC#Cc2ccc(OCCCc3sc(N4CCCc5c4nnc(Nc4nc6ccccc6s4)c5C)nc3C=O)c(F)c2)cc1. The third-order valence-corrected chi connectivity index (χ3v) is 12.9. The normalized spacial score (nSPS) is 12.8. The van der Waals surface area contributed by atoms with Gasteiger partial charge in [-0.15, -0.1) is 21.5 Å². The quantitative estimate of drug-likeness (QED) is 0.0263. The summed E-state index contributed by atoms with van der Waals surface area (Å²) < 4.78 is 22.6. The van der Waals surface area contributed by atoms with Crippen LogP contribution in [0.1, 0.15) is 63.3 Å². The Balaban J connectivity index is 0.881. The van der Waals surface area contributed by atoms with E-state index < -0.39 is 5.82 Å². The van der Waals surface area contributed by atoms with Gasteiger partial charge in [0.15, 0.2) is 39.8 Å². The number of para-hydroxylation sites is 1.